The number of rotatable bonds is 6. The molecule has 3 N–H and O–H groups in total. The number of amides is 1. The Balaban J connectivity index is 0.00000208. The Morgan fingerprint density at radius 1 is 1.46 bits per heavy atom. The highest BCUT2D eigenvalue weighted by atomic mass is 35.5. The molecule has 6 nitrogen and oxygen atoms in total. The van der Waals surface area contributed by atoms with E-state index in [-0.39, 0.29) is 35.9 Å². The summed E-state index contributed by atoms with van der Waals surface area (Å²) in [5.74, 6) is 0.283. The smallest absolute Gasteiger partial charge is 0.291 e. The molecule has 8 heteroatoms. The van der Waals surface area contributed by atoms with Gasteiger partial charge in [-0.1, -0.05) is 19.1 Å². The summed E-state index contributed by atoms with van der Waals surface area (Å²) < 4.78 is 15.3. The van der Waals surface area contributed by atoms with Crippen molar-refractivity contribution < 1.29 is 9.18 Å². The van der Waals surface area contributed by atoms with Gasteiger partial charge in [-0.05, 0) is 30.9 Å². The van der Waals surface area contributed by atoms with Crippen molar-refractivity contribution >= 4 is 18.3 Å². The van der Waals surface area contributed by atoms with E-state index in [1.807, 2.05) is 6.92 Å². The first kappa shape index (κ1) is 18.4. The molecule has 24 heavy (non-hydrogen) atoms. The van der Waals surface area contributed by atoms with Crippen LogP contribution in [0.1, 0.15) is 36.2 Å². The number of aryl methyl sites for hydroxylation is 1. The predicted molar refractivity (Wildman–Crippen MR) is 91.0 cm³/mol. The monoisotopic (exact) mass is 353 g/mol. The van der Waals surface area contributed by atoms with Crippen LogP contribution in [0.15, 0.2) is 24.3 Å². The van der Waals surface area contributed by atoms with Crippen LogP contribution in [0.4, 0.5) is 4.39 Å². The first-order valence-electron chi connectivity index (χ1n) is 7.84. The second kappa shape index (κ2) is 7.72. The number of carbonyl (C=O) groups is 1. The average Bonchev–Trinajstić information content (AvgIpc) is 3.32. The van der Waals surface area contributed by atoms with E-state index < -0.39 is 5.82 Å². The molecule has 0 spiro atoms. The highest BCUT2D eigenvalue weighted by Gasteiger charge is 2.29. The van der Waals surface area contributed by atoms with Crippen LogP contribution in [0, 0.1) is 11.7 Å². The second-order valence-corrected chi connectivity index (χ2v) is 5.78. The molecule has 1 aromatic carbocycles. The van der Waals surface area contributed by atoms with E-state index in [1.54, 1.807) is 18.2 Å². The van der Waals surface area contributed by atoms with Gasteiger partial charge in [0.25, 0.3) is 5.91 Å². The average molecular weight is 354 g/mol. The zero-order chi connectivity index (χ0) is 16.4. The van der Waals surface area contributed by atoms with Gasteiger partial charge in [-0.3, -0.25) is 4.79 Å². The van der Waals surface area contributed by atoms with Crippen LogP contribution in [0.2, 0.25) is 0 Å². The second-order valence-electron chi connectivity index (χ2n) is 5.78. The molecule has 1 aliphatic rings. The van der Waals surface area contributed by atoms with Gasteiger partial charge in [-0.15, -0.1) is 17.5 Å². The summed E-state index contributed by atoms with van der Waals surface area (Å²) in [5.41, 5.74) is 6.25. The molecule has 130 valence electrons. The minimum atomic E-state index is -0.408. The standard InChI is InChI=1S/C16H20FN5O.ClH/c1-2-14-20-15(16(23)19-9-12(18)10-7-8-10)21-22(14)13-6-4-3-5-11(13)17;/h3-6,10,12H,2,7-9,18H2,1H3,(H,19,23);1H. The first-order valence-corrected chi connectivity index (χ1v) is 7.84. The van der Waals surface area contributed by atoms with E-state index in [1.165, 1.54) is 10.7 Å². The summed E-state index contributed by atoms with van der Waals surface area (Å²) >= 11 is 0. The molecule has 1 aromatic heterocycles. The first-order chi connectivity index (χ1) is 11.1. The van der Waals surface area contributed by atoms with Crippen LogP contribution in [0.25, 0.3) is 5.69 Å². The molecule has 1 unspecified atom stereocenters. The topological polar surface area (TPSA) is 85.8 Å². The third kappa shape index (κ3) is 3.91. The van der Waals surface area contributed by atoms with Crippen molar-refractivity contribution in [2.45, 2.75) is 32.2 Å². The number of hydrogen-bond acceptors (Lipinski definition) is 4. The van der Waals surface area contributed by atoms with Gasteiger partial charge in [0.1, 0.15) is 17.3 Å². The number of nitrogens with one attached hydrogen (secondary N) is 1. The van der Waals surface area contributed by atoms with Crippen molar-refractivity contribution in [3.8, 4) is 5.69 Å². The Bertz CT molecular complexity index is 716. The molecule has 0 aliphatic heterocycles. The fourth-order valence-corrected chi connectivity index (χ4v) is 2.47. The number of aromatic nitrogens is 3. The molecule has 1 aliphatic carbocycles. The summed E-state index contributed by atoms with van der Waals surface area (Å²) in [7, 11) is 0. The predicted octanol–water partition coefficient (Wildman–Crippen LogP) is 1.86. The molecule has 0 bridgehead atoms. The maximum atomic E-state index is 13.9. The van der Waals surface area contributed by atoms with E-state index in [9.17, 15) is 9.18 Å². The van der Waals surface area contributed by atoms with Gasteiger partial charge in [0, 0.05) is 19.0 Å². The molecule has 0 radical (unpaired) electrons. The van der Waals surface area contributed by atoms with Gasteiger partial charge in [-0.2, -0.15) is 0 Å². The van der Waals surface area contributed by atoms with E-state index in [0.29, 0.717) is 24.7 Å². The van der Waals surface area contributed by atoms with Gasteiger partial charge in [0.15, 0.2) is 0 Å². The Kier molecular flexibility index (Phi) is 5.90. The largest absolute Gasteiger partial charge is 0.348 e. The minimum Gasteiger partial charge on any atom is -0.348 e. The third-order valence-electron chi connectivity index (χ3n) is 4.00. The van der Waals surface area contributed by atoms with E-state index >= 15 is 0 Å². The number of nitrogens with two attached hydrogens (primary N) is 1. The summed E-state index contributed by atoms with van der Waals surface area (Å²) in [6.07, 6.45) is 2.78. The molecular formula is C16H21ClFN5O. The van der Waals surface area contributed by atoms with Crippen LogP contribution in [-0.4, -0.2) is 33.3 Å². The number of nitrogens with zero attached hydrogens (tertiary/aromatic N) is 3. The molecule has 1 heterocycles. The molecule has 1 atom stereocenters. The summed E-state index contributed by atoms with van der Waals surface area (Å²) in [6, 6.07) is 6.25. The van der Waals surface area contributed by atoms with Crippen LogP contribution in [-0.2, 0) is 6.42 Å². The highest BCUT2D eigenvalue weighted by Crippen LogP contribution is 2.31. The van der Waals surface area contributed by atoms with E-state index in [0.717, 1.165) is 12.8 Å². The molecule has 1 amide bonds. The van der Waals surface area contributed by atoms with Crippen molar-refractivity contribution in [2.75, 3.05) is 6.54 Å². The Hall–Kier alpha value is -1.99. The van der Waals surface area contributed by atoms with Gasteiger partial charge in [0.2, 0.25) is 5.82 Å². The van der Waals surface area contributed by atoms with Gasteiger partial charge in [0.05, 0.1) is 0 Å². The third-order valence-corrected chi connectivity index (χ3v) is 4.00. The fourth-order valence-electron chi connectivity index (χ4n) is 2.47. The van der Waals surface area contributed by atoms with Gasteiger partial charge < -0.3 is 11.1 Å². The van der Waals surface area contributed by atoms with Crippen LogP contribution >= 0.6 is 12.4 Å². The number of hydrogen-bond donors (Lipinski definition) is 2. The summed E-state index contributed by atoms with van der Waals surface area (Å²) in [5, 5.41) is 6.92. The fraction of sp³-hybridized carbons (Fsp3) is 0.438. The lowest BCUT2D eigenvalue weighted by atomic mass is 10.2. The van der Waals surface area contributed by atoms with Gasteiger partial charge >= 0.3 is 0 Å². The van der Waals surface area contributed by atoms with Crippen molar-refractivity contribution in [3.05, 3.63) is 41.7 Å². The normalized spacial score (nSPS) is 14.8. The highest BCUT2D eigenvalue weighted by molar-refractivity contribution is 5.90. The molecule has 2 aromatic rings. The van der Waals surface area contributed by atoms with Crippen LogP contribution in [0.3, 0.4) is 0 Å². The zero-order valence-electron chi connectivity index (χ0n) is 13.4. The Morgan fingerprint density at radius 2 is 2.17 bits per heavy atom. The molecule has 3 rings (SSSR count). The number of carbonyl (C=O) groups excluding carboxylic acids is 1. The molecular weight excluding hydrogens is 333 g/mol. The zero-order valence-corrected chi connectivity index (χ0v) is 14.2. The summed E-state index contributed by atoms with van der Waals surface area (Å²) in [6.45, 7) is 2.28. The van der Waals surface area contributed by atoms with Crippen molar-refractivity contribution in [2.24, 2.45) is 11.7 Å². The lowest BCUT2D eigenvalue weighted by Gasteiger charge is -2.09. The van der Waals surface area contributed by atoms with Crippen molar-refractivity contribution in [3.63, 3.8) is 0 Å². The van der Waals surface area contributed by atoms with E-state index in [4.69, 9.17) is 5.73 Å². The lowest BCUT2D eigenvalue weighted by molar-refractivity contribution is 0.0940. The number of benzene rings is 1. The molecule has 1 saturated carbocycles. The SMILES string of the molecule is CCc1nc(C(=O)NCC(N)C2CC2)nn1-c1ccccc1F.Cl. The Morgan fingerprint density at radius 3 is 2.79 bits per heavy atom. The van der Waals surface area contributed by atoms with Crippen molar-refractivity contribution in [1.82, 2.24) is 20.1 Å². The van der Waals surface area contributed by atoms with Crippen LogP contribution in [0.5, 0.6) is 0 Å². The van der Waals surface area contributed by atoms with Gasteiger partial charge in [-0.25, -0.2) is 14.1 Å². The molecule has 1 fully saturated rings. The molecule has 0 saturated heterocycles. The lowest BCUT2D eigenvalue weighted by Crippen LogP contribution is -2.39. The summed E-state index contributed by atoms with van der Waals surface area (Å²) in [4.78, 5) is 16.4. The maximum absolute atomic E-state index is 13.9. The van der Waals surface area contributed by atoms with Crippen LogP contribution < -0.4 is 11.1 Å². The van der Waals surface area contributed by atoms with Crippen molar-refractivity contribution in [1.29, 1.82) is 0 Å². The number of para-hydroxylation sites is 1. The Labute approximate surface area is 146 Å². The van der Waals surface area contributed by atoms with E-state index in [2.05, 4.69) is 15.4 Å². The number of halogens is 2. The quantitative estimate of drug-likeness (QED) is 0.830. The maximum Gasteiger partial charge on any atom is 0.291 e. The minimum absolute atomic E-state index is 0.